The van der Waals surface area contributed by atoms with Gasteiger partial charge in [-0.1, -0.05) is 0 Å². The normalized spacial score (nSPS) is 20.2. The first-order chi connectivity index (χ1) is 12.5. The predicted molar refractivity (Wildman–Crippen MR) is 101 cm³/mol. The summed E-state index contributed by atoms with van der Waals surface area (Å²) in [6, 6.07) is 4.81. The molecule has 0 radical (unpaired) electrons. The third-order valence-corrected chi connectivity index (χ3v) is 7.24. The van der Waals surface area contributed by atoms with Crippen LogP contribution in [0.2, 0.25) is 0 Å². The molecule has 0 spiro atoms. The average molecular weight is 421 g/mol. The van der Waals surface area contributed by atoms with Crippen molar-refractivity contribution in [1.29, 1.82) is 0 Å². The van der Waals surface area contributed by atoms with Crippen LogP contribution in [0.15, 0.2) is 23.1 Å². The molecule has 1 atom stereocenters. The first kappa shape index (κ1) is 22.0. The van der Waals surface area contributed by atoms with Crippen molar-refractivity contribution >= 4 is 31.6 Å². The highest BCUT2D eigenvalue weighted by molar-refractivity contribution is 7.86. The summed E-state index contributed by atoms with van der Waals surface area (Å²) in [5.41, 5.74) is 2.03. The lowest BCUT2D eigenvalue weighted by atomic mass is 9.76. The predicted octanol–water partition coefficient (Wildman–Crippen LogP) is 1.71. The molecule has 0 aromatic heterocycles. The van der Waals surface area contributed by atoms with E-state index in [1.165, 1.54) is 6.07 Å². The van der Waals surface area contributed by atoms with Gasteiger partial charge in [0.25, 0.3) is 20.2 Å². The molecule has 1 aromatic carbocycles. The highest BCUT2D eigenvalue weighted by Crippen LogP contribution is 2.43. The molecule has 1 aromatic rings. The largest absolute Gasteiger partial charge is 0.378 e. The van der Waals surface area contributed by atoms with Crippen molar-refractivity contribution in [1.82, 2.24) is 0 Å². The van der Waals surface area contributed by atoms with E-state index >= 15 is 0 Å². The molecule has 1 unspecified atom stereocenters. The Balaban J connectivity index is 2.52. The van der Waals surface area contributed by atoms with Crippen LogP contribution in [-0.4, -0.2) is 64.8 Å². The minimum atomic E-state index is -4.06. The number of benzene rings is 1. The zero-order chi connectivity index (χ0) is 20.5. The van der Waals surface area contributed by atoms with Gasteiger partial charge in [-0.15, -0.1) is 0 Å². The third kappa shape index (κ3) is 4.57. The Bertz CT molecular complexity index is 951. The van der Waals surface area contributed by atoms with E-state index in [1.807, 2.05) is 13.8 Å². The Morgan fingerprint density at radius 1 is 1.19 bits per heavy atom. The van der Waals surface area contributed by atoms with Crippen LogP contribution in [0.5, 0.6) is 0 Å². The van der Waals surface area contributed by atoms with Crippen molar-refractivity contribution in [3.63, 3.8) is 0 Å². The van der Waals surface area contributed by atoms with Crippen molar-refractivity contribution in [3.8, 4) is 0 Å². The zero-order valence-electron chi connectivity index (χ0n) is 15.9. The fourth-order valence-electron chi connectivity index (χ4n) is 3.51. The Morgan fingerprint density at radius 3 is 2.41 bits per heavy atom. The highest BCUT2D eigenvalue weighted by atomic mass is 32.2. The van der Waals surface area contributed by atoms with Gasteiger partial charge in [-0.05, 0) is 31.9 Å². The Morgan fingerprint density at radius 2 is 1.85 bits per heavy atom. The Kier molecular flexibility index (Phi) is 6.48. The molecular formula is C17H26NO7S2+. The first-order valence-electron chi connectivity index (χ1n) is 8.47. The number of hydrogen-bond acceptors (Lipinski definition) is 6. The van der Waals surface area contributed by atoms with Gasteiger partial charge < -0.3 is 4.74 Å². The van der Waals surface area contributed by atoms with Gasteiger partial charge in [0.2, 0.25) is 5.69 Å². The van der Waals surface area contributed by atoms with Crippen LogP contribution in [0.1, 0.15) is 32.3 Å². The van der Waals surface area contributed by atoms with Gasteiger partial charge in [-0.2, -0.15) is 21.4 Å². The molecule has 1 heterocycles. The average Bonchev–Trinajstić information content (AvgIpc) is 2.80. The van der Waals surface area contributed by atoms with Crippen LogP contribution in [-0.2, 0) is 34.6 Å². The number of fused-ring (bicyclic) bond motifs is 1. The van der Waals surface area contributed by atoms with E-state index in [1.54, 1.807) is 19.2 Å². The molecule has 0 aliphatic carbocycles. The Hall–Kier alpha value is -1.33. The number of hydrogen-bond donors (Lipinski definition) is 1. The molecule has 1 N–H and O–H groups in total. The SMILES string of the molecule is COCC[N+]1=C(C)C(C)(CCCS(=O)(=O)O)c2cc(S(=O)(=O)OC)ccc21. The molecule has 8 nitrogen and oxygen atoms in total. The minimum Gasteiger partial charge on any atom is -0.378 e. The van der Waals surface area contributed by atoms with Crippen LogP contribution >= 0.6 is 0 Å². The van der Waals surface area contributed by atoms with Gasteiger partial charge in [0, 0.05) is 25.7 Å². The standard InChI is InChI=1S/C17H25NO7S2/c1-13-17(2,8-5-11-26(19,20)21)15-12-14(27(22,23)25-4)6-7-16(15)18(13)9-10-24-3/h6-7,12H,5,8-11H2,1-4H3/p+1. The number of rotatable bonds is 9. The summed E-state index contributed by atoms with van der Waals surface area (Å²) >= 11 is 0. The summed E-state index contributed by atoms with van der Waals surface area (Å²) in [7, 11) is -5.20. The van der Waals surface area contributed by atoms with Crippen molar-refractivity contribution in [2.75, 3.05) is 33.1 Å². The summed E-state index contributed by atoms with van der Waals surface area (Å²) < 4.78 is 67.3. The van der Waals surface area contributed by atoms with Crippen LogP contribution < -0.4 is 0 Å². The van der Waals surface area contributed by atoms with Gasteiger partial charge in [-0.25, -0.2) is 0 Å². The molecule has 0 amide bonds. The number of nitrogens with zero attached hydrogens (tertiary/aromatic N) is 1. The summed E-state index contributed by atoms with van der Waals surface area (Å²) in [6.45, 7) is 4.95. The molecule has 0 saturated carbocycles. The van der Waals surface area contributed by atoms with Crippen LogP contribution in [0, 0.1) is 0 Å². The molecule has 152 valence electrons. The van der Waals surface area contributed by atoms with Gasteiger partial charge in [0.1, 0.15) is 6.61 Å². The van der Waals surface area contributed by atoms with E-state index < -0.39 is 25.7 Å². The van der Waals surface area contributed by atoms with Gasteiger partial charge in [-0.3, -0.25) is 8.74 Å². The van der Waals surface area contributed by atoms with E-state index in [0.29, 0.717) is 19.6 Å². The smallest absolute Gasteiger partial charge is 0.296 e. The fourth-order valence-corrected chi connectivity index (χ4v) is 4.71. The van der Waals surface area contributed by atoms with E-state index in [-0.39, 0.29) is 17.1 Å². The number of methoxy groups -OCH3 is 1. The molecule has 0 saturated heterocycles. The maximum absolute atomic E-state index is 12.1. The molecule has 1 aliphatic rings. The second-order valence-corrected chi connectivity index (χ2v) is 10.0. The van der Waals surface area contributed by atoms with Crippen molar-refractivity contribution in [2.45, 2.75) is 37.0 Å². The first-order valence-corrected chi connectivity index (χ1v) is 11.5. The quantitative estimate of drug-likeness (QED) is 0.368. The summed E-state index contributed by atoms with van der Waals surface area (Å²) in [4.78, 5) is 0.0474. The maximum Gasteiger partial charge on any atom is 0.296 e. The second kappa shape index (κ2) is 7.96. The molecule has 0 bridgehead atoms. The zero-order valence-corrected chi connectivity index (χ0v) is 17.6. The minimum absolute atomic E-state index is 0.0474. The van der Waals surface area contributed by atoms with Gasteiger partial charge >= 0.3 is 0 Å². The van der Waals surface area contributed by atoms with Crippen LogP contribution in [0.4, 0.5) is 5.69 Å². The van der Waals surface area contributed by atoms with Crippen molar-refractivity contribution < 1.29 is 34.9 Å². The van der Waals surface area contributed by atoms with E-state index in [0.717, 1.165) is 24.1 Å². The molecule has 27 heavy (non-hydrogen) atoms. The second-order valence-electron chi connectivity index (χ2n) is 6.75. The molecule has 1 aliphatic heterocycles. The van der Waals surface area contributed by atoms with Crippen molar-refractivity contribution in [2.24, 2.45) is 0 Å². The topological polar surface area (TPSA) is 110 Å². The Labute approximate surface area is 160 Å². The molecule has 0 fully saturated rings. The molecule has 10 heteroatoms. The highest BCUT2D eigenvalue weighted by Gasteiger charge is 2.46. The number of ether oxygens (including phenoxy) is 1. The van der Waals surface area contributed by atoms with Crippen molar-refractivity contribution in [3.05, 3.63) is 23.8 Å². The van der Waals surface area contributed by atoms with E-state index in [2.05, 4.69) is 8.76 Å². The van der Waals surface area contributed by atoms with Crippen LogP contribution in [0.25, 0.3) is 0 Å². The molecular weight excluding hydrogens is 394 g/mol. The maximum atomic E-state index is 12.1. The van der Waals surface area contributed by atoms with Crippen LogP contribution in [0.3, 0.4) is 0 Å². The summed E-state index contributed by atoms with van der Waals surface area (Å²) in [5, 5.41) is 0. The monoisotopic (exact) mass is 420 g/mol. The lowest BCUT2D eigenvalue weighted by Crippen LogP contribution is -2.31. The molecule has 2 rings (SSSR count). The lowest BCUT2D eigenvalue weighted by molar-refractivity contribution is -0.443. The summed E-state index contributed by atoms with van der Waals surface area (Å²) in [5.74, 6) is -0.348. The van der Waals surface area contributed by atoms with Gasteiger partial charge in [0.05, 0.1) is 23.2 Å². The fraction of sp³-hybridized carbons (Fsp3) is 0.588. The summed E-state index contributed by atoms with van der Waals surface area (Å²) in [6.07, 6.45) is 0.678. The van der Waals surface area contributed by atoms with E-state index in [9.17, 15) is 16.8 Å². The third-order valence-electron chi connectivity index (χ3n) is 5.16. The van der Waals surface area contributed by atoms with Gasteiger partial charge in [0.15, 0.2) is 12.3 Å². The lowest BCUT2D eigenvalue weighted by Gasteiger charge is -2.22. The van der Waals surface area contributed by atoms with E-state index in [4.69, 9.17) is 9.29 Å².